The fourth-order valence-electron chi connectivity index (χ4n) is 8.12. The Morgan fingerprint density at radius 2 is 0.576 bits per heavy atom. The first kappa shape index (κ1) is 63.1. The second kappa shape index (κ2) is 54.7. The first-order valence-electron chi connectivity index (χ1n) is 28.4. The van der Waals surface area contributed by atoms with Crippen molar-refractivity contribution in [1.29, 1.82) is 0 Å². The van der Waals surface area contributed by atoms with E-state index in [1.54, 1.807) is 0 Å². The maximum absolute atomic E-state index is 12.8. The highest BCUT2D eigenvalue weighted by Crippen LogP contribution is 2.17. The summed E-state index contributed by atoms with van der Waals surface area (Å²) in [6.45, 7) is 6.56. The Labute approximate surface area is 409 Å². The summed E-state index contributed by atoms with van der Waals surface area (Å²) in [5, 5.41) is 0. The molecule has 0 heterocycles. The topological polar surface area (TPSA) is 78.9 Å². The fraction of sp³-hybridized carbons (Fsp3) is 0.783. The molecule has 0 aliphatic carbocycles. The minimum Gasteiger partial charge on any atom is -0.462 e. The molecule has 0 fully saturated rings. The molecule has 0 aliphatic rings. The Bertz CT molecular complexity index is 1200. The quantitative estimate of drug-likeness (QED) is 0.0262. The molecule has 0 aromatic rings. The second-order valence-corrected chi connectivity index (χ2v) is 19.0. The molecular formula is C60H106O6. The van der Waals surface area contributed by atoms with Gasteiger partial charge in [-0.15, -0.1) is 0 Å². The van der Waals surface area contributed by atoms with Gasteiger partial charge in [-0.1, -0.05) is 287 Å². The van der Waals surface area contributed by atoms with Crippen LogP contribution in [0.4, 0.5) is 0 Å². The molecule has 1 atom stereocenters. The molecule has 0 saturated heterocycles. The molecule has 66 heavy (non-hydrogen) atoms. The van der Waals surface area contributed by atoms with Crippen molar-refractivity contribution in [3.63, 3.8) is 0 Å². The third-order valence-electron chi connectivity index (χ3n) is 12.4. The van der Waals surface area contributed by atoms with Gasteiger partial charge in [0.25, 0.3) is 0 Å². The molecule has 6 nitrogen and oxygen atoms in total. The SMILES string of the molecule is CCC\C=C/C=C\C=C/C=C\C=C/CCCCCCCC(=O)OCC(COC(=O)CCCCCCCCCCCCCCC)OC(=O)CCCCCCCCCCCCCCCCCCC. The van der Waals surface area contributed by atoms with Crippen molar-refractivity contribution in [2.45, 2.75) is 290 Å². The highest BCUT2D eigenvalue weighted by atomic mass is 16.6. The Kier molecular flexibility index (Phi) is 52.3. The van der Waals surface area contributed by atoms with Crippen molar-refractivity contribution in [3.05, 3.63) is 60.8 Å². The van der Waals surface area contributed by atoms with Gasteiger partial charge in [-0.2, -0.15) is 0 Å². The summed E-state index contributed by atoms with van der Waals surface area (Å²) >= 11 is 0. The molecule has 0 rings (SSSR count). The lowest BCUT2D eigenvalue weighted by Crippen LogP contribution is -2.30. The maximum atomic E-state index is 12.8. The van der Waals surface area contributed by atoms with Crippen LogP contribution in [0.2, 0.25) is 0 Å². The van der Waals surface area contributed by atoms with Crippen LogP contribution >= 0.6 is 0 Å². The summed E-state index contributed by atoms with van der Waals surface area (Å²) in [6, 6.07) is 0. The molecule has 0 N–H and O–H groups in total. The van der Waals surface area contributed by atoms with Crippen LogP contribution in [0.25, 0.3) is 0 Å². The van der Waals surface area contributed by atoms with E-state index in [2.05, 4.69) is 57.2 Å². The monoisotopic (exact) mass is 923 g/mol. The number of esters is 3. The number of rotatable bonds is 51. The minimum absolute atomic E-state index is 0.0787. The van der Waals surface area contributed by atoms with Crippen molar-refractivity contribution in [2.24, 2.45) is 0 Å². The van der Waals surface area contributed by atoms with Crippen LogP contribution < -0.4 is 0 Å². The number of carbonyl (C=O) groups excluding carboxylic acids is 3. The molecule has 0 amide bonds. The van der Waals surface area contributed by atoms with Crippen molar-refractivity contribution >= 4 is 17.9 Å². The highest BCUT2D eigenvalue weighted by Gasteiger charge is 2.19. The van der Waals surface area contributed by atoms with Crippen molar-refractivity contribution in [3.8, 4) is 0 Å². The molecular weight excluding hydrogens is 817 g/mol. The van der Waals surface area contributed by atoms with E-state index in [0.717, 1.165) is 83.5 Å². The lowest BCUT2D eigenvalue weighted by molar-refractivity contribution is -0.167. The number of hydrogen-bond donors (Lipinski definition) is 0. The van der Waals surface area contributed by atoms with Crippen molar-refractivity contribution in [2.75, 3.05) is 13.2 Å². The van der Waals surface area contributed by atoms with Gasteiger partial charge in [-0.3, -0.25) is 14.4 Å². The molecule has 0 saturated carbocycles. The number of allylic oxidation sites excluding steroid dienone is 10. The zero-order valence-corrected chi connectivity index (χ0v) is 43.7. The maximum Gasteiger partial charge on any atom is 0.306 e. The molecule has 6 heteroatoms. The van der Waals surface area contributed by atoms with Crippen molar-refractivity contribution in [1.82, 2.24) is 0 Å². The summed E-state index contributed by atoms with van der Waals surface area (Å²) in [6.07, 6.45) is 67.7. The Balaban J connectivity index is 4.40. The van der Waals surface area contributed by atoms with Crippen LogP contribution in [0.15, 0.2) is 60.8 Å². The molecule has 0 bridgehead atoms. The molecule has 0 spiro atoms. The van der Waals surface area contributed by atoms with Crippen LogP contribution in [0.5, 0.6) is 0 Å². The predicted octanol–water partition coefficient (Wildman–Crippen LogP) is 18.8. The van der Waals surface area contributed by atoms with Gasteiger partial charge in [0, 0.05) is 19.3 Å². The van der Waals surface area contributed by atoms with Gasteiger partial charge >= 0.3 is 17.9 Å². The van der Waals surface area contributed by atoms with Gasteiger partial charge in [-0.05, 0) is 38.5 Å². The van der Waals surface area contributed by atoms with E-state index in [9.17, 15) is 14.4 Å². The van der Waals surface area contributed by atoms with E-state index >= 15 is 0 Å². The Hall–Kier alpha value is -2.89. The molecule has 382 valence electrons. The average molecular weight is 924 g/mol. The average Bonchev–Trinajstić information content (AvgIpc) is 3.31. The van der Waals surface area contributed by atoms with E-state index in [4.69, 9.17) is 14.2 Å². The summed E-state index contributed by atoms with van der Waals surface area (Å²) in [7, 11) is 0. The molecule has 0 aliphatic heterocycles. The normalized spacial score (nSPS) is 12.5. The van der Waals surface area contributed by atoms with E-state index in [-0.39, 0.29) is 31.1 Å². The zero-order valence-electron chi connectivity index (χ0n) is 43.7. The number of unbranched alkanes of at least 4 members (excludes halogenated alkanes) is 34. The lowest BCUT2D eigenvalue weighted by atomic mass is 10.0. The van der Waals surface area contributed by atoms with Crippen LogP contribution in [0, 0.1) is 0 Å². The van der Waals surface area contributed by atoms with Crippen LogP contribution in [0.3, 0.4) is 0 Å². The van der Waals surface area contributed by atoms with Gasteiger partial charge in [0.1, 0.15) is 13.2 Å². The number of hydrogen-bond acceptors (Lipinski definition) is 6. The fourth-order valence-corrected chi connectivity index (χ4v) is 8.12. The third-order valence-corrected chi connectivity index (χ3v) is 12.4. The third kappa shape index (κ3) is 52.1. The summed E-state index contributed by atoms with van der Waals surface area (Å²) in [4.78, 5) is 38.1. The predicted molar refractivity (Wildman–Crippen MR) is 284 cm³/mol. The van der Waals surface area contributed by atoms with Gasteiger partial charge in [0.15, 0.2) is 6.10 Å². The van der Waals surface area contributed by atoms with Gasteiger partial charge < -0.3 is 14.2 Å². The Morgan fingerprint density at radius 1 is 0.303 bits per heavy atom. The summed E-state index contributed by atoms with van der Waals surface area (Å²) < 4.78 is 16.8. The smallest absolute Gasteiger partial charge is 0.306 e. The molecule has 0 radical (unpaired) electrons. The lowest BCUT2D eigenvalue weighted by Gasteiger charge is -2.18. The van der Waals surface area contributed by atoms with Crippen LogP contribution in [-0.4, -0.2) is 37.2 Å². The van der Waals surface area contributed by atoms with Crippen LogP contribution in [-0.2, 0) is 28.6 Å². The highest BCUT2D eigenvalue weighted by molar-refractivity contribution is 5.71. The van der Waals surface area contributed by atoms with Crippen molar-refractivity contribution < 1.29 is 28.6 Å². The Morgan fingerprint density at radius 3 is 0.909 bits per heavy atom. The van der Waals surface area contributed by atoms with E-state index in [0.29, 0.717) is 19.3 Å². The standard InChI is InChI=1S/C60H106O6/c1-4-7-10-13-16-19-22-25-27-29-31-32-35-38-41-44-47-50-53-59(62)65-56-57(55-64-58(61)52-49-46-43-40-37-34-24-21-18-15-12-9-6-3)66-60(63)54-51-48-45-42-39-36-33-30-28-26-23-20-17-14-11-8-5-2/h10,13,16,19,22,25,27,29,31-32,57H,4-9,11-12,14-15,17-18,20-21,23-24,26,28,30,33-56H2,1-3H3/b13-10-,19-16-,25-22-,29-27-,32-31-. The van der Waals surface area contributed by atoms with E-state index < -0.39 is 6.10 Å². The largest absolute Gasteiger partial charge is 0.462 e. The molecule has 1 unspecified atom stereocenters. The zero-order chi connectivity index (χ0) is 47.9. The molecule has 0 aromatic carbocycles. The summed E-state index contributed by atoms with van der Waals surface area (Å²) in [5.74, 6) is -0.891. The minimum atomic E-state index is -0.781. The van der Waals surface area contributed by atoms with Gasteiger partial charge in [0.05, 0.1) is 0 Å². The first-order valence-corrected chi connectivity index (χ1v) is 28.4. The van der Waals surface area contributed by atoms with Crippen LogP contribution in [0.1, 0.15) is 284 Å². The van der Waals surface area contributed by atoms with Gasteiger partial charge in [-0.25, -0.2) is 0 Å². The van der Waals surface area contributed by atoms with Gasteiger partial charge in [0.2, 0.25) is 0 Å². The number of carbonyl (C=O) groups is 3. The molecule has 0 aromatic heterocycles. The summed E-state index contributed by atoms with van der Waals surface area (Å²) in [5.41, 5.74) is 0. The van der Waals surface area contributed by atoms with E-state index in [1.807, 2.05) is 24.3 Å². The number of ether oxygens (including phenoxy) is 3. The second-order valence-electron chi connectivity index (χ2n) is 19.0. The first-order chi connectivity index (χ1) is 32.5. The van der Waals surface area contributed by atoms with E-state index in [1.165, 1.54) is 161 Å².